The van der Waals surface area contributed by atoms with E-state index < -0.39 is 0 Å². The third-order valence-corrected chi connectivity index (χ3v) is 3.60. The Morgan fingerprint density at radius 1 is 1.11 bits per heavy atom. The Balaban J connectivity index is 1.82. The third kappa shape index (κ3) is 2.06. The molecule has 0 amide bonds. The normalized spacial score (nSPS) is 17.1. The predicted molar refractivity (Wildman–Crippen MR) is 73.0 cm³/mol. The third-order valence-electron chi connectivity index (χ3n) is 3.07. The van der Waals surface area contributed by atoms with Gasteiger partial charge in [-0.3, -0.25) is 4.79 Å². The molecule has 0 N–H and O–H groups in total. The molecule has 0 radical (unpaired) electrons. The number of hydrogen-bond acceptors (Lipinski definition) is 2. The number of carbonyl (C=O) groups excluding carboxylic acids is 1. The van der Waals surface area contributed by atoms with E-state index in [9.17, 15) is 4.79 Å². The Kier molecular flexibility index (Phi) is 2.92. The molecule has 0 fully saturated rings. The largest absolute Gasteiger partial charge is 0.482 e. The monoisotopic (exact) mass is 302 g/mol. The minimum absolute atomic E-state index is 0.0405. The first kappa shape index (κ1) is 11.5. The van der Waals surface area contributed by atoms with Crippen molar-refractivity contribution in [2.75, 3.05) is 0 Å². The fourth-order valence-corrected chi connectivity index (χ4v) is 2.39. The lowest BCUT2D eigenvalue weighted by Gasteiger charge is -2.09. The second-order valence-electron chi connectivity index (χ2n) is 4.29. The highest BCUT2D eigenvalue weighted by Crippen LogP contribution is 2.29. The standard InChI is InChI=1S/C15H11BrO2/c16-12-7-5-10(6-8-12)15(17)14-9-11-3-1-2-4-13(11)18-14/h1-8,14H,9H2. The Hall–Kier alpha value is -1.61. The molecule has 0 bridgehead atoms. The smallest absolute Gasteiger partial charge is 0.203 e. The van der Waals surface area contributed by atoms with Gasteiger partial charge in [0.15, 0.2) is 6.10 Å². The first-order chi connectivity index (χ1) is 8.74. The van der Waals surface area contributed by atoms with E-state index in [1.165, 1.54) is 0 Å². The molecule has 2 aromatic rings. The predicted octanol–water partition coefficient (Wildman–Crippen LogP) is 3.64. The molecule has 18 heavy (non-hydrogen) atoms. The molecule has 2 nitrogen and oxygen atoms in total. The van der Waals surface area contributed by atoms with Crippen molar-refractivity contribution >= 4 is 21.7 Å². The van der Waals surface area contributed by atoms with Crippen molar-refractivity contribution in [3.8, 4) is 5.75 Å². The van der Waals surface area contributed by atoms with Crippen LogP contribution in [-0.4, -0.2) is 11.9 Å². The molecule has 1 aliphatic rings. The number of hydrogen-bond donors (Lipinski definition) is 0. The van der Waals surface area contributed by atoms with Gasteiger partial charge >= 0.3 is 0 Å². The fourth-order valence-electron chi connectivity index (χ4n) is 2.13. The first-order valence-corrected chi connectivity index (χ1v) is 6.58. The van der Waals surface area contributed by atoms with Gasteiger partial charge in [0.25, 0.3) is 0 Å². The highest BCUT2D eigenvalue weighted by Gasteiger charge is 2.29. The number of halogens is 1. The van der Waals surface area contributed by atoms with Crippen LogP contribution in [0, 0.1) is 0 Å². The molecular formula is C15H11BrO2. The van der Waals surface area contributed by atoms with Gasteiger partial charge in [-0.15, -0.1) is 0 Å². The van der Waals surface area contributed by atoms with Gasteiger partial charge in [0.1, 0.15) is 5.75 Å². The van der Waals surface area contributed by atoms with Crippen molar-refractivity contribution < 1.29 is 9.53 Å². The van der Waals surface area contributed by atoms with Crippen molar-refractivity contribution in [1.82, 2.24) is 0 Å². The molecule has 0 aromatic heterocycles. The van der Waals surface area contributed by atoms with Crippen LogP contribution < -0.4 is 4.74 Å². The molecule has 0 saturated heterocycles. The van der Waals surface area contributed by atoms with Crippen LogP contribution in [0.2, 0.25) is 0 Å². The lowest BCUT2D eigenvalue weighted by Crippen LogP contribution is -2.25. The Bertz CT molecular complexity index is 565. The molecular weight excluding hydrogens is 292 g/mol. The zero-order valence-electron chi connectivity index (χ0n) is 9.60. The number of para-hydroxylation sites is 1. The van der Waals surface area contributed by atoms with Crippen molar-refractivity contribution in [2.45, 2.75) is 12.5 Å². The lowest BCUT2D eigenvalue weighted by atomic mass is 10.0. The summed E-state index contributed by atoms with van der Waals surface area (Å²) in [6, 6.07) is 15.2. The average molecular weight is 303 g/mol. The van der Waals surface area contributed by atoms with Gasteiger partial charge in [-0.05, 0) is 23.8 Å². The van der Waals surface area contributed by atoms with E-state index in [4.69, 9.17) is 4.74 Å². The Morgan fingerprint density at radius 3 is 2.56 bits per heavy atom. The summed E-state index contributed by atoms with van der Waals surface area (Å²) < 4.78 is 6.66. The maximum absolute atomic E-state index is 12.3. The quantitative estimate of drug-likeness (QED) is 0.792. The van der Waals surface area contributed by atoms with Crippen LogP contribution in [0.25, 0.3) is 0 Å². The van der Waals surface area contributed by atoms with Gasteiger partial charge in [0.2, 0.25) is 5.78 Å². The van der Waals surface area contributed by atoms with Crippen LogP contribution in [0.15, 0.2) is 53.0 Å². The Labute approximate surface area is 114 Å². The summed E-state index contributed by atoms with van der Waals surface area (Å²) >= 11 is 3.36. The minimum Gasteiger partial charge on any atom is -0.482 e. The number of ether oxygens (including phenoxy) is 1. The molecule has 0 aliphatic carbocycles. The van der Waals surface area contributed by atoms with E-state index in [2.05, 4.69) is 15.9 Å². The van der Waals surface area contributed by atoms with E-state index in [0.29, 0.717) is 12.0 Å². The summed E-state index contributed by atoms with van der Waals surface area (Å²) in [7, 11) is 0. The van der Waals surface area contributed by atoms with Crippen LogP contribution in [0.4, 0.5) is 0 Å². The van der Waals surface area contributed by atoms with Crippen molar-refractivity contribution in [3.05, 3.63) is 64.1 Å². The summed E-state index contributed by atoms with van der Waals surface area (Å²) in [5, 5.41) is 0. The number of ketones is 1. The summed E-state index contributed by atoms with van der Waals surface area (Å²) in [4.78, 5) is 12.3. The average Bonchev–Trinajstić information content (AvgIpc) is 2.82. The summed E-state index contributed by atoms with van der Waals surface area (Å²) in [5.74, 6) is 0.867. The van der Waals surface area contributed by atoms with Crippen LogP contribution in [0.1, 0.15) is 15.9 Å². The number of rotatable bonds is 2. The topological polar surface area (TPSA) is 26.3 Å². The summed E-state index contributed by atoms with van der Waals surface area (Å²) in [5.41, 5.74) is 1.80. The summed E-state index contributed by atoms with van der Waals surface area (Å²) in [6.07, 6.45) is 0.272. The van der Waals surface area contributed by atoms with Gasteiger partial charge in [-0.1, -0.05) is 46.3 Å². The second-order valence-corrected chi connectivity index (χ2v) is 5.21. The molecule has 1 atom stereocenters. The van der Waals surface area contributed by atoms with Gasteiger partial charge in [-0.2, -0.15) is 0 Å². The maximum atomic E-state index is 12.3. The molecule has 1 unspecified atom stereocenters. The van der Waals surface area contributed by atoms with Gasteiger partial charge in [0.05, 0.1) is 0 Å². The zero-order valence-corrected chi connectivity index (χ0v) is 11.2. The van der Waals surface area contributed by atoms with Crippen LogP contribution >= 0.6 is 15.9 Å². The van der Waals surface area contributed by atoms with Crippen molar-refractivity contribution in [3.63, 3.8) is 0 Å². The van der Waals surface area contributed by atoms with E-state index in [-0.39, 0.29) is 11.9 Å². The van der Waals surface area contributed by atoms with Gasteiger partial charge in [0, 0.05) is 16.5 Å². The highest BCUT2D eigenvalue weighted by atomic mass is 79.9. The zero-order chi connectivity index (χ0) is 12.5. The SMILES string of the molecule is O=C(c1ccc(Br)cc1)C1Cc2ccccc2O1. The molecule has 0 saturated carbocycles. The van der Waals surface area contributed by atoms with Crippen molar-refractivity contribution in [1.29, 1.82) is 0 Å². The van der Waals surface area contributed by atoms with Gasteiger partial charge < -0.3 is 4.74 Å². The summed E-state index contributed by atoms with van der Waals surface area (Å²) in [6.45, 7) is 0. The van der Waals surface area contributed by atoms with Gasteiger partial charge in [-0.25, -0.2) is 0 Å². The lowest BCUT2D eigenvalue weighted by molar-refractivity contribution is 0.0825. The molecule has 1 heterocycles. The number of fused-ring (bicyclic) bond motifs is 1. The maximum Gasteiger partial charge on any atom is 0.203 e. The van der Waals surface area contributed by atoms with Crippen LogP contribution in [0.3, 0.4) is 0 Å². The first-order valence-electron chi connectivity index (χ1n) is 5.78. The molecule has 1 aliphatic heterocycles. The molecule has 0 spiro atoms. The molecule has 3 heteroatoms. The van der Waals surface area contributed by atoms with E-state index in [1.54, 1.807) is 0 Å². The minimum atomic E-state index is -0.386. The Morgan fingerprint density at radius 2 is 1.83 bits per heavy atom. The number of benzene rings is 2. The van der Waals surface area contributed by atoms with E-state index >= 15 is 0 Å². The molecule has 90 valence electrons. The number of carbonyl (C=O) groups is 1. The van der Waals surface area contributed by atoms with E-state index in [1.807, 2.05) is 48.5 Å². The fraction of sp³-hybridized carbons (Fsp3) is 0.133. The van der Waals surface area contributed by atoms with Crippen LogP contribution in [-0.2, 0) is 6.42 Å². The second kappa shape index (κ2) is 4.58. The van der Waals surface area contributed by atoms with Crippen LogP contribution in [0.5, 0.6) is 5.75 Å². The van der Waals surface area contributed by atoms with E-state index in [0.717, 1.165) is 15.8 Å². The highest BCUT2D eigenvalue weighted by molar-refractivity contribution is 9.10. The van der Waals surface area contributed by atoms with Crippen molar-refractivity contribution in [2.24, 2.45) is 0 Å². The molecule has 3 rings (SSSR count). The molecule has 2 aromatic carbocycles. The number of Topliss-reactive ketones (excluding diaryl/α,β-unsaturated/α-hetero) is 1.